The zero-order valence-electron chi connectivity index (χ0n) is 12.0. The molecule has 0 aliphatic heterocycles. The molecule has 2 heterocycles. The van der Waals surface area contributed by atoms with Gasteiger partial charge in [0.2, 0.25) is 0 Å². The van der Waals surface area contributed by atoms with Crippen LogP contribution in [0.25, 0.3) is 10.2 Å². The Kier molecular flexibility index (Phi) is 4.13. The largest absolute Gasteiger partial charge is 0.352 e. The van der Waals surface area contributed by atoms with E-state index in [9.17, 15) is 0 Å². The van der Waals surface area contributed by atoms with Gasteiger partial charge < -0.3 is 4.90 Å². The molecule has 5 heteroatoms. The second-order valence-electron chi connectivity index (χ2n) is 5.48. The standard InChI is InChI=1S/C15H20ClN3S/c1-10-11(2)20-15-13(10)14(17-9-18-15)19(8-7-16)12-5-3-4-6-12/h9,12H,3-8H2,1-2H3. The highest BCUT2D eigenvalue weighted by Crippen LogP contribution is 2.36. The lowest BCUT2D eigenvalue weighted by molar-refractivity contribution is 0.616. The van der Waals surface area contributed by atoms with E-state index in [0.717, 1.165) is 17.2 Å². The van der Waals surface area contributed by atoms with Crippen molar-refractivity contribution in [2.75, 3.05) is 17.3 Å². The van der Waals surface area contributed by atoms with Crippen LogP contribution in [0, 0.1) is 13.8 Å². The number of nitrogens with zero attached hydrogens (tertiary/aromatic N) is 3. The predicted octanol–water partition coefficient (Wildman–Crippen LogP) is 4.30. The van der Waals surface area contributed by atoms with E-state index in [2.05, 4.69) is 28.7 Å². The van der Waals surface area contributed by atoms with Crippen LogP contribution in [-0.4, -0.2) is 28.4 Å². The number of hydrogen-bond acceptors (Lipinski definition) is 4. The van der Waals surface area contributed by atoms with Crippen LogP contribution >= 0.6 is 22.9 Å². The van der Waals surface area contributed by atoms with Crippen molar-refractivity contribution in [3.8, 4) is 0 Å². The van der Waals surface area contributed by atoms with E-state index in [1.807, 2.05) is 0 Å². The molecule has 1 saturated carbocycles. The Hall–Kier alpha value is -0.870. The topological polar surface area (TPSA) is 29.0 Å². The molecule has 0 atom stereocenters. The maximum absolute atomic E-state index is 6.04. The van der Waals surface area contributed by atoms with Crippen LogP contribution in [0.3, 0.4) is 0 Å². The monoisotopic (exact) mass is 309 g/mol. The van der Waals surface area contributed by atoms with Crippen LogP contribution in [0.2, 0.25) is 0 Å². The molecule has 0 spiro atoms. The van der Waals surface area contributed by atoms with Gasteiger partial charge in [0.15, 0.2) is 0 Å². The first-order valence-corrected chi connectivity index (χ1v) is 8.60. The summed E-state index contributed by atoms with van der Waals surface area (Å²) in [7, 11) is 0. The summed E-state index contributed by atoms with van der Waals surface area (Å²) >= 11 is 7.80. The van der Waals surface area contributed by atoms with Gasteiger partial charge in [0, 0.05) is 23.3 Å². The van der Waals surface area contributed by atoms with E-state index in [4.69, 9.17) is 11.6 Å². The minimum absolute atomic E-state index is 0.589. The van der Waals surface area contributed by atoms with Crippen LogP contribution < -0.4 is 4.90 Å². The van der Waals surface area contributed by atoms with Crippen LogP contribution in [0.1, 0.15) is 36.1 Å². The molecule has 3 rings (SSSR count). The summed E-state index contributed by atoms with van der Waals surface area (Å²) in [5.41, 5.74) is 1.32. The molecule has 1 fully saturated rings. The summed E-state index contributed by atoms with van der Waals surface area (Å²) in [6.45, 7) is 5.20. The van der Waals surface area contributed by atoms with Crippen LogP contribution in [0.5, 0.6) is 0 Å². The number of rotatable bonds is 4. The van der Waals surface area contributed by atoms with Gasteiger partial charge in [0.05, 0.1) is 5.39 Å². The highest BCUT2D eigenvalue weighted by atomic mass is 35.5. The second kappa shape index (κ2) is 5.86. The molecular formula is C15H20ClN3S. The number of anilines is 1. The molecule has 0 radical (unpaired) electrons. The minimum Gasteiger partial charge on any atom is -0.352 e. The molecule has 2 aromatic heterocycles. The molecular weight excluding hydrogens is 290 g/mol. The molecule has 2 aromatic rings. The smallest absolute Gasteiger partial charge is 0.141 e. The quantitative estimate of drug-likeness (QED) is 0.789. The summed E-state index contributed by atoms with van der Waals surface area (Å²) in [5, 5.41) is 1.23. The molecule has 0 amide bonds. The van der Waals surface area contributed by atoms with Gasteiger partial charge in [0.25, 0.3) is 0 Å². The van der Waals surface area contributed by atoms with Crippen molar-refractivity contribution in [1.82, 2.24) is 9.97 Å². The van der Waals surface area contributed by atoms with E-state index in [0.29, 0.717) is 11.9 Å². The van der Waals surface area contributed by atoms with Gasteiger partial charge in [-0.15, -0.1) is 22.9 Å². The fourth-order valence-electron chi connectivity index (χ4n) is 3.15. The summed E-state index contributed by atoms with van der Waals surface area (Å²) in [6.07, 6.45) is 6.84. The van der Waals surface area contributed by atoms with Gasteiger partial charge in [-0.1, -0.05) is 12.8 Å². The van der Waals surface area contributed by atoms with Crippen molar-refractivity contribution in [3.05, 3.63) is 16.8 Å². The van der Waals surface area contributed by atoms with E-state index < -0.39 is 0 Å². The lowest BCUT2D eigenvalue weighted by Gasteiger charge is -2.30. The number of halogens is 1. The maximum atomic E-state index is 6.04. The van der Waals surface area contributed by atoms with Crippen molar-refractivity contribution in [3.63, 3.8) is 0 Å². The first-order chi connectivity index (χ1) is 9.72. The lowest BCUT2D eigenvalue weighted by Crippen LogP contribution is -2.35. The van der Waals surface area contributed by atoms with Gasteiger partial charge in [-0.25, -0.2) is 9.97 Å². The zero-order chi connectivity index (χ0) is 14.1. The maximum Gasteiger partial charge on any atom is 0.141 e. The third-order valence-electron chi connectivity index (χ3n) is 4.31. The van der Waals surface area contributed by atoms with Crippen molar-refractivity contribution >= 4 is 39.0 Å². The van der Waals surface area contributed by atoms with Gasteiger partial charge in [-0.05, 0) is 32.3 Å². The van der Waals surface area contributed by atoms with E-state index in [1.165, 1.54) is 41.5 Å². The van der Waals surface area contributed by atoms with Gasteiger partial charge >= 0.3 is 0 Å². The molecule has 1 aliphatic rings. The summed E-state index contributed by atoms with van der Waals surface area (Å²) in [6, 6.07) is 0.589. The Morgan fingerprint density at radius 2 is 2.05 bits per heavy atom. The second-order valence-corrected chi connectivity index (χ2v) is 7.06. The molecule has 0 saturated heterocycles. The number of alkyl halides is 1. The Bertz CT molecular complexity index is 604. The Labute approximate surface area is 129 Å². The number of hydrogen-bond donors (Lipinski definition) is 0. The third kappa shape index (κ3) is 2.40. The van der Waals surface area contributed by atoms with Gasteiger partial charge in [-0.2, -0.15) is 0 Å². The molecule has 108 valence electrons. The Morgan fingerprint density at radius 3 is 2.75 bits per heavy atom. The molecule has 20 heavy (non-hydrogen) atoms. The fraction of sp³-hybridized carbons (Fsp3) is 0.600. The van der Waals surface area contributed by atoms with Gasteiger partial charge in [0.1, 0.15) is 17.0 Å². The van der Waals surface area contributed by atoms with Crippen LogP contribution in [-0.2, 0) is 0 Å². The van der Waals surface area contributed by atoms with Crippen molar-refractivity contribution in [2.45, 2.75) is 45.6 Å². The predicted molar refractivity (Wildman–Crippen MR) is 87.2 cm³/mol. The summed E-state index contributed by atoms with van der Waals surface area (Å²) in [4.78, 5) is 13.9. The van der Waals surface area contributed by atoms with Crippen molar-refractivity contribution in [2.24, 2.45) is 0 Å². The summed E-state index contributed by atoms with van der Waals surface area (Å²) in [5.74, 6) is 1.73. The van der Waals surface area contributed by atoms with E-state index >= 15 is 0 Å². The van der Waals surface area contributed by atoms with E-state index in [1.54, 1.807) is 17.7 Å². The van der Waals surface area contributed by atoms with Crippen LogP contribution in [0.4, 0.5) is 5.82 Å². The first kappa shape index (κ1) is 14.1. The lowest BCUT2D eigenvalue weighted by atomic mass is 10.1. The average molecular weight is 310 g/mol. The molecule has 0 aromatic carbocycles. The molecule has 0 N–H and O–H groups in total. The Morgan fingerprint density at radius 1 is 1.30 bits per heavy atom. The number of thiophene rings is 1. The van der Waals surface area contributed by atoms with E-state index in [-0.39, 0.29) is 0 Å². The average Bonchev–Trinajstić information content (AvgIpc) is 3.06. The highest BCUT2D eigenvalue weighted by Gasteiger charge is 2.26. The summed E-state index contributed by atoms with van der Waals surface area (Å²) < 4.78 is 0. The van der Waals surface area contributed by atoms with Crippen molar-refractivity contribution in [1.29, 1.82) is 0 Å². The Balaban J connectivity index is 2.10. The molecule has 1 aliphatic carbocycles. The number of fused-ring (bicyclic) bond motifs is 1. The van der Waals surface area contributed by atoms with Gasteiger partial charge in [-0.3, -0.25) is 0 Å². The number of aromatic nitrogens is 2. The third-order valence-corrected chi connectivity index (χ3v) is 5.59. The molecule has 0 unspecified atom stereocenters. The number of aryl methyl sites for hydroxylation is 2. The van der Waals surface area contributed by atoms with Crippen LogP contribution in [0.15, 0.2) is 6.33 Å². The fourth-order valence-corrected chi connectivity index (χ4v) is 4.32. The normalized spacial score (nSPS) is 16.1. The molecule has 0 bridgehead atoms. The highest BCUT2D eigenvalue weighted by molar-refractivity contribution is 7.18. The SMILES string of the molecule is Cc1sc2ncnc(N(CCCl)C3CCCC3)c2c1C. The van der Waals surface area contributed by atoms with Crippen molar-refractivity contribution < 1.29 is 0 Å². The minimum atomic E-state index is 0.589. The first-order valence-electron chi connectivity index (χ1n) is 7.25. The molecule has 3 nitrogen and oxygen atoms in total. The zero-order valence-corrected chi connectivity index (χ0v) is 13.6.